The highest BCUT2D eigenvalue weighted by Gasteiger charge is 2.86. The monoisotopic (exact) mass is 1820 g/mol. The van der Waals surface area contributed by atoms with Crippen molar-refractivity contribution in [2.24, 2.45) is 21.7 Å². The zero-order chi connectivity index (χ0) is 84.2. The van der Waals surface area contributed by atoms with E-state index in [4.69, 9.17) is 87.4 Å². The van der Waals surface area contributed by atoms with Crippen molar-refractivity contribution in [3.63, 3.8) is 0 Å². The smallest absolute Gasteiger partial charge is 0.261 e. The van der Waals surface area contributed by atoms with Gasteiger partial charge in [0.15, 0.2) is 85.0 Å². The lowest BCUT2D eigenvalue weighted by Crippen LogP contribution is -2.61. The number of piperazine rings is 4. The van der Waals surface area contributed by atoms with Crippen LogP contribution in [-0.2, 0) is 126 Å². The number of ether oxygens (including phenoxy) is 9. The molecule has 17 aliphatic rings. The summed E-state index contributed by atoms with van der Waals surface area (Å²) in [6, 6.07) is 27.2. The van der Waals surface area contributed by atoms with Crippen molar-refractivity contribution in [3.8, 4) is 70.3 Å². The number of benzene rings is 4. The van der Waals surface area contributed by atoms with E-state index in [1.165, 1.54) is 19.6 Å². The highest BCUT2D eigenvalue weighted by molar-refractivity contribution is 9.10. The average Bonchev–Trinajstić information content (AvgIpc) is 1.49. The second-order valence-electron chi connectivity index (χ2n) is 33.5. The maximum absolute atomic E-state index is 13.9. The molecule has 0 radical (unpaired) electrons. The molecule has 8 bridgehead atoms. The summed E-state index contributed by atoms with van der Waals surface area (Å²) in [6.07, 6.45) is 1.60. The van der Waals surface area contributed by atoms with Gasteiger partial charge in [0, 0.05) is 84.6 Å². The molecular weight excluding hydrogens is 1740 g/mol. The summed E-state index contributed by atoms with van der Waals surface area (Å²) in [7, 11) is 2.62. The molecule has 0 saturated carbocycles. The van der Waals surface area contributed by atoms with Gasteiger partial charge < -0.3 is 86.9 Å². The lowest BCUT2D eigenvalue weighted by molar-refractivity contribution is -0.159. The number of nitrogens with zero attached hydrogens (tertiary/aromatic N) is 13. The Morgan fingerprint density at radius 3 is 1.11 bits per heavy atom. The van der Waals surface area contributed by atoms with Crippen LogP contribution in [0.4, 0.5) is 0 Å². The first kappa shape index (κ1) is 80.7. The van der Waals surface area contributed by atoms with Gasteiger partial charge in [-0.05, 0) is 170 Å². The number of carbonyl (C=O) groups is 8. The number of fused-ring (bicyclic) bond motifs is 8. The Hall–Kier alpha value is -8.36. The zero-order valence-corrected chi connectivity index (χ0v) is 73.4. The van der Waals surface area contributed by atoms with Crippen LogP contribution in [0.15, 0.2) is 71.2 Å². The number of carbonyl (C=O) groups excluding carboxylic acids is 8. The third kappa shape index (κ3) is 9.62. The first-order valence-electron chi connectivity index (χ1n) is 37.9. The van der Waals surface area contributed by atoms with Crippen molar-refractivity contribution >= 4 is 146 Å². The molecule has 21 rings (SSSR count). The first-order chi connectivity index (χ1) is 55.9. The number of nitriles is 4. The van der Waals surface area contributed by atoms with E-state index in [2.05, 4.69) is 45.1 Å². The molecule has 20 atom stereocenters. The van der Waals surface area contributed by atoms with Gasteiger partial charge in [0.05, 0.1) is 83.3 Å². The molecule has 4 aromatic rings. The van der Waals surface area contributed by atoms with Crippen LogP contribution in [0.25, 0.3) is 0 Å². The maximum atomic E-state index is 13.9. The molecule has 17 heterocycles. The van der Waals surface area contributed by atoms with Gasteiger partial charge >= 0.3 is 0 Å². The van der Waals surface area contributed by atoms with E-state index in [1.807, 2.05) is 30.3 Å². The van der Waals surface area contributed by atoms with Gasteiger partial charge in [0.1, 0.15) is 0 Å². The molecule has 0 aromatic heterocycles. The predicted octanol–water partition coefficient (Wildman–Crippen LogP) is 4.61. The fourth-order valence-electron chi connectivity index (χ4n) is 21.4. The molecule has 20 unspecified atom stereocenters. The van der Waals surface area contributed by atoms with Crippen molar-refractivity contribution in [1.29, 1.82) is 21.0 Å². The molecule has 31 nitrogen and oxygen atoms in total. The van der Waals surface area contributed by atoms with Gasteiger partial charge in [-0.1, -0.05) is 71.9 Å². The molecule has 17 aliphatic heterocycles. The Bertz CT molecular complexity index is 5610. The summed E-state index contributed by atoms with van der Waals surface area (Å²) in [4.78, 5) is 114. The number of hydrogen-bond acceptors (Lipinski definition) is 27. The lowest BCUT2D eigenvalue weighted by atomic mass is 9.74. The standard InChI is InChI=1S/C22H24N4O5S2.C20H21N3O5S2.C18H16BrN3O4S2.C18H17N3O4S2/c1-20-18(27)26-17(14-3-4-15-16(9-14)31-13-30-15)21(11-23,12-25-5-7-29-8-6-25)10-22(26,33(20)32)19(28)24(20)2;1-18-16(25)23-15(12-4-5-13-14(8-12)28-11-27-13)19(10-21,6-3-7-24)9-20(23,30(18)29)17(26)22(18)2;1-16(7-20)6-18-15(24)21(3)17(2,28(18)27)14(23)22(18)13(16)9-4-11-12(5-10(9)19)26-8-25-11;1-16(8-19)7-18-15(23)20(3)17(2,27(18)26)14(22)21(18)13(16)10-4-5-11-12(6-10)25-9-24-11/h3-4,9,17H,5-8,10,12-13H2,1-2H3;4-5,8,15,24H,3,6-7,9,11H2,1-2H3;4-5,13H,6,8H2,1-3H3;4-6,13H,7,9H2,1-3H3. The van der Waals surface area contributed by atoms with E-state index in [-0.39, 0.29) is 107 Å². The van der Waals surface area contributed by atoms with E-state index < -0.39 is 123 Å². The molecule has 1 N–H and O–H groups in total. The van der Waals surface area contributed by atoms with E-state index in [0.29, 0.717) is 102 Å². The quantitative estimate of drug-likeness (QED) is 0.239. The molecule has 618 valence electrons. The minimum atomic E-state index is -1.21. The van der Waals surface area contributed by atoms with E-state index in [1.54, 1.807) is 126 Å². The summed E-state index contributed by atoms with van der Waals surface area (Å²) >= 11 is 26.9. The van der Waals surface area contributed by atoms with E-state index >= 15 is 0 Å². The van der Waals surface area contributed by atoms with Crippen molar-refractivity contribution < 1.29 is 86.1 Å². The number of rotatable bonds is 9. The van der Waals surface area contributed by atoms with Crippen LogP contribution in [0.3, 0.4) is 0 Å². The minimum Gasteiger partial charge on any atom is -0.454 e. The fraction of sp³-hybridized carbons (Fsp3) is 0.538. The average molecular weight is 1820 g/mol. The first-order valence-corrected chi connectivity index (χ1v) is 47.3. The van der Waals surface area contributed by atoms with Crippen LogP contribution in [0.2, 0.25) is 0 Å². The number of hydrogen-bond donors (Lipinski definition) is 1. The van der Waals surface area contributed by atoms with Crippen LogP contribution in [-0.4, -0.2) is 230 Å². The van der Waals surface area contributed by atoms with Crippen LogP contribution in [0, 0.1) is 67.0 Å². The molecule has 4 aromatic carbocycles. The van der Waals surface area contributed by atoms with Crippen molar-refractivity contribution in [3.05, 3.63) is 93.5 Å². The summed E-state index contributed by atoms with van der Waals surface area (Å²) in [5.74, 6) is 3.27. The maximum Gasteiger partial charge on any atom is 0.261 e. The summed E-state index contributed by atoms with van der Waals surface area (Å²) < 4.78 is 50.0. The van der Waals surface area contributed by atoms with Gasteiger partial charge in [0.2, 0.25) is 27.2 Å². The van der Waals surface area contributed by atoms with Gasteiger partial charge in [-0.25, -0.2) is 0 Å². The Morgan fingerprint density at radius 1 is 0.424 bits per heavy atom. The highest BCUT2D eigenvalue weighted by Crippen LogP contribution is 2.71. The third-order valence-electron chi connectivity index (χ3n) is 27.7. The molecular formula is C78H78BrN13O18S8. The number of aliphatic hydroxyl groups excluding tert-OH is 1. The number of likely N-dealkylation sites (N-methyl/N-ethyl adjacent to an activating group) is 4. The molecule has 0 aliphatic carbocycles. The summed E-state index contributed by atoms with van der Waals surface area (Å²) in [5, 5.41) is 50.6. The van der Waals surface area contributed by atoms with Crippen molar-refractivity contribution in [2.75, 3.05) is 94.8 Å². The largest absolute Gasteiger partial charge is 0.454 e. The van der Waals surface area contributed by atoms with Gasteiger partial charge in [-0.2, -0.15) is 21.0 Å². The Labute approximate surface area is 714 Å². The van der Waals surface area contributed by atoms with Crippen LogP contribution in [0.5, 0.6) is 46.0 Å². The molecule has 13 fully saturated rings. The summed E-state index contributed by atoms with van der Waals surface area (Å²) in [6.45, 7) is 14.0. The second kappa shape index (κ2) is 26.6. The number of morpholine rings is 1. The van der Waals surface area contributed by atoms with Crippen LogP contribution in [0.1, 0.15) is 126 Å². The van der Waals surface area contributed by atoms with E-state index in [9.17, 15) is 64.5 Å². The Morgan fingerprint density at radius 2 is 0.737 bits per heavy atom. The van der Waals surface area contributed by atoms with Gasteiger partial charge in [-0.15, -0.1) is 0 Å². The highest BCUT2D eigenvalue weighted by atomic mass is 79.9. The van der Waals surface area contributed by atoms with Crippen LogP contribution >= 0.6 is 15.9 Å². The van der Waals surface area contributed by atoms with Crippen molar-refractivity contribution in [1.82, 2.24) is 44.1 Å². The molecule has 40 heteroatoms. The fourth-order valence-corrected chi connectivity index (χ4v) is 36.0. The SMILES string of the molecule is CN1C(=O)C23CC(C#N)(CCCO)C(c4ccc5c(c4)OCO5)N2C(=O)C1(C)S3=S.CN1C(=O)C23CC(C#N)(CN4CCOCC4)C(c4ccc5c(c4)OCO5)N2C(=O)C1(C)S3=S.CN1C(=O)C23CC(C)(C#N)C(c4cc5c(cc4Br)OCO5)N2C(=O)C1(C)S3=S.CN1C(=O)C23CC(C)(C#N)C(c4ccc5c(c4)OCO5)N2C(=O)C1(C)S3=S. The third-order valence-corrected chi connectivity index (χ3v) is 44.8. The van der Waals surface area contributed by atoms with Crippen molar-refractivity contribution in [2.45, 2.75) is 143 Å². The topological polar surface area (TPSA) is 364 Å². The number of aliphatic hydroxyl groups is 1. The van der Waals surface area contributed by atoms with Gasteiger partial charge in [-0.3, -0.25) is 43.3 Å². The normalized spacial score (nSPS) is 39.7. The lowest BCUT2D eigenvalue weighted by Gasteiger charge is -2.41. The predicted molar refractivity (Wildman–Crippen MR) is 436 cm³/mol. The molecule has 118 heavy (non-hydrogen) atoms. The second-order valence-corrected chi connectivity index (χ2v) is 46.4. The number of halogens is 1. The minimum absolute atomic E-state index is 0.0800. The molecule has 13 saturated heterocycles. The molecule has 8 amide bonds. The van der Waals surface area contributed by atoms with Gasteiger partial charge in [0.25, 0.3) is 47.3 Å². The molecule has 4 spiro atoms. The summed E-state index contributed by atoms with van der Waals surface area (Å²) in [5.41, 5.74) is -1.01. The van der Waals surface area contributed by atoms with Crippen LogP contribution < -0.4 is 37.9 Å². The number of amides is 8. The zero-order valence-electron chi connectivity index (χ0n) is 65.3. The Kier molecular flexibility index (Phi) is 18.2. The van der Waals surface area contributed by atoms with E-state index in [0.717, 1.165) is 16.7 Å². The Balaban J connectivity index is 0.000000109.